The highest BCUT2D eigenvalue weighted by Gasteiger charge is 2.52. The van der Waals surface area contributed by atoms with Crippen LogP contribution in [0, 0.1) is 19.3 Å². The summed E-state index contributed by atoms with van der Waals surface area (Å²) in [5.74, 6) is -0.112. The summed E-state index contributed by atoms with van der Waals surface area (Å²) in [7, 11) is 0. The summed E-state index contributed by atoms with van der Waals surface area (Å²) in [5.41, 5.74) is 2.88. The summed E-state index contributed by atoms with van der Waals surface area (Å²) in [6.45, 7) is 6.65. The lowest BCUT2D eigenvalue weighted by atomic mass is 9.86. The summed E-state index contributed by atoms with van der Waals surface area (Å²) in [6.07, 6.45) is -7.31. The maximum absolute atomic E-state index is 13.2. The van der Waals surface area contributed by atoms with Crippen LogP contribution in [0.25, 0.3) is 0 Å². The fourth-order valence-electron chi connectivity index (χ4n) is 4.45. The van der Waals surface area contributed by atoms with Gasteiger partial charge in [-0.25, -0.2) is 0 Å². The standard InChI is InChI=1S/C21H30O8/c1-9-7-12-14(10(2)11(9)5-6-22)18(27)21(3,4)19(12)29-20-17(26)16(25)15(24)13(8-23)28-20/h7,13,15-17,19-20,22-26H,5-6,8H2,1-4H3. The van der Waals surface area contributed by atoms with E-state index in [1.807, 2.05) is 19.9 Å². The van der Waals surface area contributed by atoms with Crippen LogP contribution < -0.4 is 0 Å². The van der Waals surface area contributed by atoms with Crippen molar-refractivity contribution in [1.82, 2.24) is 0 Å². The maximum Gasteiger partial charge on any atom is 0.187 e. The maximum atomic E-state index is 13.2. The van der Waals surface area contributed by atoms with Crippen LogP contribution in [0.5, 0.6) is 0 Å². The molecule has 162 valence electrons. The Balaban J connectivity index is 2.00. The van der Waals surface area contributed by atoms with E-state index in [0.717, 1.165) is 16.7 Å². The molecule has 5 N–H and O–H groups in total. The van der Waals surface area contributed by atoms with Crippen molar-refractivity contribution in [2.24, 2.45) is 5.41 Å². The average Bonchev–Trinajstić information content (AvgIpc) is 2.85. The van der Waals surface area contributed by atoms with E-state index in [2.05, 4.69) is 0 Å². The second-order valence-electron chi connectivity index (χ2n) is 8.50. The van der Waals surface area contributed by atoms with Gasteiger partial charge in [-0.05, 0) is 56.4 Å². The predicted molar refractivity (Wildman–Crippen MR) is 102 cm³/mol. The summed E-state index contributed by atoms with van der Waals surface area (Å²) < 4.78 is 11.5. The van der Waals surface area contributed by atoms with Crippen LogP contribution in [0.15, 0.2) is 6.07 Å². The molecule has 0 spiro atoms. The number of carbonyl (C=O) groups is 1. The van der Waals surface area contributed by atoms with E-state index in [1.165, 1.54) is 0 Å². The Morgan fingerprint density at radius 1 is 1.10 bits per heavy atom. The third-order valence-electron chi connectivity index (χ3n) is 6.20. The second-order valence-corrected chi connectivity index (χ2v) is 8.50. The third kappa shape index (κ3) is 3.53. The van der Waals surface area contributed by atoms with Crippen molar-refractivity contribution in [3.05, 3.63) is 33.9 Å². The number of ketones is 1. The van der Waals surface area contributed by atoms with Gasteiger partial charge in [-0.3, -0.25) is 4.79 Å². The molecule has 1 aliphatic carbocycles. The minimum absolute atomic E-state index is 0.0250. The van der Waals surface area contributed by atoms with E-state index in [-0.39, 0.29) is 12.4 Å². The Bertz CT molecular complexity index is 787. The van der Waals surface area contributed by atoms with E-state index >= 15 is 0 Å². The minimum Gasteiger partial charge on any atom is -0.396 e. The van der Waals surface area contributed by atoms with Crippen LogP contribution in [-0.4, -0.2) is 75.2 Å². The Hall–Kier alpha value is -1.39. The molecule has 1 aromatic rings. The number of benzene rings is 1. The van der Waals surface area contributed by atoms with Gasteiger partial charge in [0.05, 0.1) is 18.1 Å². The third-order valence-corrected chi connectivity index (χ3v) is 6.20. The van der Waals surface area contributed by atoms with Crippen molar-refractivity contribution in [2.45, 2.75) is 70.9 Å². The lowest BCUT2D eigenvalue weighted by Crippen LogP contribution is -2.59. The second kappa shape index (κ2) is 8.03. The van der Waals surface area contributed by atoms with Gasteiger partial charge in [-0.2, -0.15) is 0 Å². The molecular weight excluding hydrogens is 380 g/mol. The van der Waals surface area contributed by atoms with E-state index in [0.29, 0.717) is 17.5 Å². The quantitative estimate of drug-likeness (QED) is 0.455. The highest BCUT2D eigenvalue weighted by molar-refractivity contribution is 6.06. The van der Waals surface area contributed by atoms with Gasteiger partial charge >= 0.3 is 0 Å². The number of hydrogen-bond acceptors (Lipinski definition) is 8. The van der Waals surface area contributed by atoms with Crippen LogP contribution in [0.4, 0.5) is 0 Å². The molecule has 1 saturated heterocycles. The smallest absolute Gasteiger partial charge is 0.187 e. The molecular formula is C21H30O8. The lowest BCUT2D eigenvalue weighted by molar-refractivity contribution is -0.317. The SMILES string of the molecule is Cc1cc2c(c(C)c1CCO)C(=O)C(C)(C)C2OC1OC(CO)C(O)C(O)C1O. The fraction of sp³-hybridized carbons (Fsp3) is 0.667. The monoisotopic (exact) mass is 410 g/mol. The molecule has 6 atom stereocenters. The van der Waals surface area contributed by atoms with E-state index in [4.69, 9.17) is 9.47 Å². The molecule has 1 aromatic carbocycles. The molecule has 8 nitrogen and oxygen atoms in total. The van der Waals surface area contributed by atoms with Gasteiger partial charge in [0.25, 0.3) is 0 Å². The van der Waals surface area contributed by atoms with Crippen molar-refractivity contribution in [3.63, 3.8) is 0 Å². The number of ether oxygens (including phenoxy) is 2. The minimum atomic E-state index is -1.55. The first-order valence-corrected chi connectivity index (χ1v) is 9.80. The van der Waals surface area contributed by atoms with E-state index in [1.54, 1.807) is 13.8 Å². The number of rotatable bonds is 5. The molecule has 2 aliphatic rings. The zero-order chi connectivity index (χ0) is 21.7. The highest BCUT2D eigenvalue weighted by Crippen LogP contribution is 2.50. The molecule has 0 saturated carbocycles. The topological polar surface area (TPSA) is 137 Å². The molecule has 0 aromatic heterocycles. The summed E-state index contributed by atoms with van der Waals surface area (Å²) in [4.78, 5) is 13.2. The largest absolute Gasteiger partial charge is 0.396 e. The zero-order valence-electron chi connectivity index (χ0n) is 17.1. The van der Waals surface area contributed by atoms with E-state index in [9.17, 15) is 30.3 Å². The molecule has 0 radical (unpaired) electrons. The first-order valence-electron chi connectivity index (χ1n) is 9.80. The van der Waals surface area contributed by atoms with Crippen molar-refractivity contribution in [2.75, 3.05) is 13.2 Å². The van der Waals surface area contributed by atoms with Crippen molar-refractivity contribution in [3.8, 4) is 0 Å². The molecule has 29 heavy (non-hydrogen) atoms. The van der Waals surface area contributed by atoms with Gasteiger partial charge < -0.3 is 35.0 Å². The molecule has 0 bridgehead atoms. The average molecular weight is 410 g/mol. The van der Waals surface area contributed by atoms with Gasteiger partial charge in [-0.15, -0.1) is 0 Å². The number of hydrogen-bond donors (Lipinski definition) is 5. The van der Waals surface area contributed by atoms with Crippen LogP contribution >= 0.6 is 0 Å². The normalized spacial score (nSPS) is 33.8. The summed E-state index contributed by atoms with van der Waals surface area (Å²) in [6, 6.07) is 1.86. The Morgan fingerprint density at radius 3 is 2.34 bits per heavy atom. The van der Waals surface area contributed by atoms with Crippen molar-refractivity contribution >= 4 is 5.78 Å². The zero-order valence-corrected chi connectivity index (χ0v) is 17.1. The van der Waals surface area contributed by atoms with Crippen LogP contribution in [-0.2, 0) is 15.9 Å². The van der Waals surface area contributed by atoms with Gasteiger partial charge in [0.15, 0.2) is 12.1 Å². The van der Waals surface area contributed by atoms with Crippen LogP contribution in [0.2, 0.25) is 0 Å². The summed E-state index contributed by atoms with van der Waals surface area (Å²) in [5, 5.41) is 49.1. The number of aliphatic hydroxyl groups excluding tert-OH is 5. The number of aryl methyl sites for hydroxylation is 1. The first-order chi connectivity index (χ1) is 13.6. The first kappa shape index (κ1) is 22.3. The molecule has 1 aliphatic heterocycles. The van der Waals surface area contributed by atoms with Gasteiger partial charge in [0, 0.05) is 12.2 Å². The van der Waals surface area contributed by atoms with Gasteiger partial charge in [0.1, 0.15) is 24.4 Å². The summed E-state index contributed by atoms with van der Waals surface area (Å²) >= 11 is 0. The molecule has 1 fully saturated rings. The number of carbonyl (C=O) groups excluding carboxylic acids is 1. The van der Waals surface area contributed by atoms with Crippen LogP contribution in [0.3, 0.4) is 0 Å². The Kier molecular flexibility index (Phi) is 6.18. The highest BCUT2D eigenvalue weighted by atomic mass is 16.7. The predicted octanol–water partition coefficient (Wildman–Crippen LogP) is -0.0817. The lowest BCUT2D eigenvalue weighted by Gasteiger charge is -2.42. The van der Waals surface area contributed by atoms with Crippen molar-refractivity contribution in [1.29, 1.82) is 0 Å². The number of aliphatic hydroxyl groups is 5. The molecule has 8 heteroatoms. The number of fused-ring (bicyclic) bond motifs is 1. The van der Waals surface area contributed by atoms with Gasteiger partial charge in [0.2, 0.25) is 0 Å². The molecule has 1 heterocycles. The molecule has 0 amide bonds. The van der Waals surface area contributed by atoms with Gasteiger partial charge in [-0.1, -0.05) is 6.07 Å². The Morgan fingerprint density at radius 2 is 1.76 bits per heavy atom. The molecule has 3 rings (SSSR count). The molecule has 6 unspecified atom stereocenters. The number of Topliss-reactive ketones (excluding diaryl/α,β-unsaturated/α-hetero) is 1. The fourth-order valence-corrected chi connectivity index (χ4v) is 4.45. The van der Waals surface area contributed by atoms with Crippen LogP contribution in [0.1, 0.15) is 52.6 Å². The van der Waals surface area contributed by atoms with Crippen molar-refractivity contribution < 1.29 is 39.8 Å². The van der Waals surface area contributed by atoms with E-state index < -0.39 is 48.8 Å². The Labute approximate surface area is 169 Å².